The van der Waals surface area contributed by atoms with E-state index in [9.17, 15) is 33.6 Å². The van der Waals surface area contributed by atoms with Gasteiger partial charge in [0.2, 0.25) is 58.5 Å². The van der Waals surface area contributed by atoms with E-state index in [1.807, 2.05) is 18.2 Å². The quantitative estimate of drug-likeness (QED) is 0.152. The van der Waals surface area contributed by atoms with Crippen LogP contribution in [0.2, 0.25) is 5.28 Å². The zero-order valence-electron chi connectivity index (χ0n) is 31.5. The SMILES string of the molecule is C[C@@H]1NC(=O)CNC(=O)C(Cc2ccccc2)NC(=O)[C@H](C)NC(=O)CNc2nc(Cl)nc(n2)N[C@H](C(N)=O)CCCCNC(=O)C(Cc2ccccc2)NC1=O. The first kappa shape index (κ1) is 43.4. The number of anilines is 2. The first-order valence-electron chi connectivity index (χ1n) is 18.3. The topological polar surface area (TPSA) is 280 Å². The zero-order chi connectivity index (χ0) is 41.3. The molecule has 0 spiro atoms. The highest BCUT2D eigenvalue weighted by molar-refractivity contribution is 6.28. The Morgan fingerprint density at radius 2 is 1.12 bits per heavy atom. The van der Waals surface area contributed by atoms with E-state index in [4.69, 9.17) is 17.3 Å². The van der Waals surface area contributed by atoms with Crippen LogP contribution in [0.3, 0.4) is 0 Å². The van der Waals surface area contributed by atoms with Crippen LogP contribution in [-0.2, 0) is 46.4 Å². The standard InChI is InChI=1S/C37H47ClN12O7/c1-21-31(54)45-26(17-23-11-5-3-6-12-23)33(56)40-16-10-9-15-25(30(39)53)47-37-49-35(38)48-36(50-37)42-20-29(52)44-22(2)32(55)46-27(18-24-13-7-4-8-14-24)34(57)41-19-28(51)43-21/h3-8,11-14,21-22,25-27H,9-10,15-20H2,1-2H3,(H2,39,53)(H,40,56)(H,41,57)(H,43,51)(H,44,52)(H,45,54)(H,46,55)(H2,42,47,48,49,50)/t21-,22-,25-,26?,27?/m0/s1. The summed E-state index contributed by atoms with van der Waals surface area (Å²) in [6.07, 6.45) is 1.31. The van der Waals surface area contributed by atoms with E-state index in [1.165, 1.54) is 13.8 Å². The van der Waals surface area contributed by atoms with Gasteiger partial charge in [0.15, 0.2) is 0 Å². The van der Waals surface area contributed by atoms with Crippen molar-refractivity contribution in [1.29, 1.82) is 0 Å². The Morgan fingerprint density at radius 1 is 0.632 bits per heavy atom. The van der Waals surface area contributed by atoms with Crippen LogP contribution in [0, 0.1) is 0 Å². The number of benzene rings is 2. The molecule has 20 heteroatoms. The minimum atomic E-state index is -1.16. The Hall–Kier alpha value is -6.37. The molecule has 0 radical (unpaired) electrons. The average Bonchev–Trinajstić information content (AvgIpc) is 3.18. The highest BCUT2D eigenvalue weighted by Gasteiger charge is 2.28. The molecule has 0 aliphatic carbocycles. The van der Waals surface area contributed by atoms with Crippen LogP contribution in [0.5, 0.6) is 0 Å². The van der Waals surface area contributed by atoms with E-state index in [0.717, 1.165) is 5.56 Å². The summed E-state index contributed by atoms with van der Waals surface area (Å²) in [5.41, 5.74) is 7.12. The van der Waals surface area contributed by atoms with Crippen molar-refractivity contribution in [2.24, 2.45) is 5.73 Å². The first-order valence-corrected chi connectivity index (χ1v) is 18.7. The Balaban J connectivity index is 1.54. The molecule has 0 saturated carbocycles. The van der Waals surface area contributed by atoms with Gasteiger partial charge in [-0.25, -0.2) is 0 Å². The first-order chi connectivity index (χ1) is 27.3. The number of aromatic nitrogens is 3. The molecular weight excluding hydrogens is 760 g/mol. The largest absolute Gasteiger partial charge is 0.368 e. The van der Waals surface area contributed by atoms with Gasteiger partial charge in [-0.2, -0.15) is 15.0 Å². The smallest absolute Gasteiger partial charge is 0.243 e. The fraction of sp³-hybridized carbons (Fsp3) is 0.405. The number of rotatable bonds is 5. The van der Waals surface area contributed by atoms with E-state index >= 15 is 0 Å². The van der Waals surface area contributed by atoms with Crippen molar-refractivity contribution in [3.8, 4) is 0 Å². The van der Waals surface area contributed by atoms with Crippen molar-refractivity contribution >= 4 is 64.8 Å². The highest BCUT2D eigenvalue weighted by atomic mass is 35.5. The molecule has 2 heterocycles. The number of primary amides is 1. The Labute approximate surface area is 333 Å². The van der Waals surface area contributed by atoms with Crippen LogP contribution in [0.4, 0.5) is 11.9 Å². The van der Waals surface area contributed by atoms with Crippen LogP contribution in [0.1, 0.15) is 44.2 Å². The minimum Gasteiger partial charge on any atom is -0.368 e. The Kier molecular flexibility index (Phi) is 16.5. The second kappa shape index (κ2) is 21.6. The number of amides is 7. The van der Waals surface area contributed by atoms with Crippen molar-refractivity contribution in [1.82, 2.24) is 46.9 Å². The molecule has 3 aromatic rings. The molecule has 4 rings (SSSR count). The number of nitrogens with two attached hydrogens (primary N) is 1. The average molecular weight is 807 g/mol. The molecule has 0 fully saturated rings. The normalized spacial score (nSPS) is 22.6. The van der Waals surface area contributed by atoms with Gasteiger partial charge >= 0.3 is 0 Å². The number of carbonyl (C=O) groups is 7. The molecule has 1 aliphatic heterocycles. The van der Waals surface area contributed by atoms with Crippen molar-refractivity contribution in [3.05, 3.63) is 77.1 Å². The lowest BCUT2D eigenvalue weighted by Gasteiger charge is -2.23. The third-order valence-electron chi connectivity index (χ3n) is 8.68. The van der Waals surface area contributed by atoms with Crippen LogP contribution in [-0.4, -0.2) is 106 Å². The lowest BCUT2D eigenvalue weighted by atomic mass is 10.0. The van der Waals surface area contributed by atoms with E-state index in [0.29, 0.717) is 18.4 Å². The van der Waals surface area contributed by atoms with Gasteiger partial charge in [-0.1, -0.05) is 60.7 Å². The van der Waals surface area contributed by atoms with Gasteiger partial charge in [0.25, 0.3) is 0 Å². The molecule has 2 bridgehead atoms. The molecule has 2 aromatic carbocycles. The van der Waals surface area contributed by atoms with E-state index < -0.39 is 84.6 Å². The number of halogens is 1. The van der Waals surface area contributed by atoms with Gasteiger partial charge in [-0.05, 0) is 55.8 Å². The fourth-order valence-electron chi connectivity index (χ4n) is 5.62. The van der Waals surface area contributed by atoms with Crippen LogP contribution < -0.4 is 48.3 Å². The monoisotopic (exact) mass is 806 g/mol. The van der Waals surface area contributed by atoms with Crippen molar-refractivity contribution in [2.75, 3.05) is 30.3 Å². The third-order valence-corrected chi connectivity index (χ3v) is 8.85. The molecule has 0 saturated heterocycles. The van der Waals surface area contributed by atoms with Gasteiger partial charge in [-0.3, -0.25) is 33.6 Å². The predicted molar refractivity (Wildman–Crippen MR) is 209 cm³/mol. The van der Waals surface area contributed by atoms with Gasteiger partial charge in [-0.15, -0.1) is 0 Å². The zero-order valence-corrected chi connectivity index (χ0v) is 32.2. The summed E-state index contributed by atoms with van der Waals surface area (Å²) in [6.45, 7) is 2.13. The van der Waals surface area contributed by atoms with Crippen LogP contribution >= 0.6 is 11.6 Å². The number of carbonyl (C=O) groups excluding carboxylic acids is 7. The van der Waals surface area contributed by atoms with E-state index in [2.05, 4.69) is 57.5 Å². The summed E-state index contributed by atoms with van der Waals surface area (Å²) in [7, 11) is 0. The third kappa shape index (κ3) is 14.7. The molecule has 304 valence electrons. The predicted octanol–water partition coefficient (Wildman–Crippen LogP) is -0.917. The summed E-state index contributed by atoms with van der Waals surface area (Å²) >= 11 is 6.09. The lowest BCUT2D eigenvalue weighted by molar-refractivity contribution is -0.133. The molecule has 5 atom stereocenters. The molecule has 7 amide bonds. The number of nitrogens with zero attached hydrogens (tertiary/aromatic N) is 3. The van der Waals surface area contributed by atoms with Crippen LogP contribution in [0.15, 0.2) is 60.7 Å². The summed E-state index contributed by atoms with van der Waals surface area (Å²) in [5, 5.41) is 21.0. The summed E-state index contributed by atoms with van der Waals surface area (Å²) in [6, 6.07) is 12.6. The molecule has 2 unspecified atom stereocenters. The molecule has 10 N–H and O–H groups in total. The fourth-order valence-corrected chi connectivity index (χ4v) is 5.78. The van der Waals surface area contributed by atoms with Gasteiger partial charge in [0, 0.05) is 19.4 Å². The number of hydrogen-bond donors (Lipinski definition) is 9. The molecule has 1 aromatic heterocycles. The van der Waals surface area contributed by atoms with Gasteiger partial charge < -0.3 is 48.3 Å². The highest BCUT2D eigenvalue weighted by Crippen LogP contribution is 2.13. The summed E-state index contributed by atoms with van der Waals surface area (Å²) in [4.78, 5) is 103. The number of fused-ring (bicyclic) bond motifs is 2. The summed E-state index contributed by atoms with van der Waals surface area (Å²) in [5.74, 6) is -4.73. The van der Waals surface area contributed by atoms with Crippen molar-refractivity contribution < 1.29 is 33.6 Å². The Bertz CT molecular complexity index is 1890. The summed E-state index contributed by atoms with van der Waals surface area (Å²) < 4.78 is 0. The van der Waals surface area contributed by atoms with Crippen molar-refractivity contribution in [2.45, 2.75) is 76.2 Å². The number of nitrogens with one attached hydrogen (secondary N) is 8. The molecular formula is C37H47ClN12O7. The van der Waals surface area contributed by atoms with Crippen LogP contribution in [0.25, 0.3) is 0 Å². The maximum atomic E-state index is 13.4. The van der Waals surface area contributed by atoms with Gasteiger partial charge in [0.1, 0.15) is 30.2 Å². The second-order valence-electron chi connectivity index (χ2n) is 13.3. The van der Waals surface area contributed by atoms with E-state index in [1.54, 1.807) is 42.5 Å². The molecule has 1 aliphatic rings. The van der Waals surface area contributed by atoms with E-state index in [-0.39, 0.29) is 43.0 Å². The minimum absolute atomic E-state index is 0.0546. The molecule has 19 nitrogen and oxygen atoms in total. The second-order valence-corrected chi connectivity index (χ2v) is 13.6. The van der Waals surface area contributed by atoms with Gasteiger partial charge in [0.05, 0.1) is 13.1 Å². The lowest BCUT2D eigenvalue weighted by Crippen LogP contribution is -2.56. The Morgan fingerprint density at radius 3 is 1.65 bits per heavy atom. The number of hydrogen-bond acceptors (Lipinski definition) is 12. The maximum Gasteiger partial charge on any atom is 0.243 e. The van der Waals surface area contributed by atoms with Crippen molar-refractivity contribution in [3.63, 3.8) is 0 Å². The molecule has 57 heavy (non-hydrogen) atoms. The maximum absolute atomic E-state index is 13.4.